The summed E-state index contributed by atoms with van der Waals surface area (Å²) in [5.41, 5.74) is 6.88. The van der Waals surface area contributed by atoms with Crippen molar-refractivity contribution in [3.05, 3.63) is 29.0 Å². The van der Waals surface area contributed by atoms with Crippen LogP contribution in [-0.2, 0) is 23.1 Å². The van der Waals surface area contributed by atoms with Crippen molar-refractivity contribution in [3.8, 4) is 11.5 Å². The van der Waals surface area contributed by atoms with Crippen molar-refractivity contribution < 1.29 is 4.79 Å². The number of H-pyrrole nitrogens is 2. The molecule has 3 heterocycles. The number of benzene rings is 1. The summed E-state index contributed by atoms with van der Waals surface area (Å²) in [5, 5.41) is 7.72. The molecule has 0 fully saturated rings. The third-order valence-electron chi connectivity index (χ3n) is 5.94. The second-order valence-electron chi connectivity index (χ2n) is 7.88. The van der Waals surface area contributed by atoms with Gasteiger partial charge in [-0.3, -0.25) is 9.89 Å². The first-order chi connectivity index (χ1) is 12.5. The summed E-state index contributed by atoms with van der Waals surface area (Å²) in [5.74, 6) is 0.972. The maximum atomic E-state index is 12.7. The number of fused-ring (bicyclic) bond motifs is 3. The molecule has 0 bridgehead atoms. The second-order valence-corrected chi connectivity index (χ2v) is 7.88. The van der Waals surface area contributed by atoms with Crippen LogP contribution < -0.4 is 4.90 Å². The summed E-state index contributed by atoms with van der Waals surface area (Å²) in [6, 6.07) is 4.13. The minimum Gasteiger partial charge on any atom is -0.337 e. The normalized spacial score (nSPS) is 18.4. The van der Waals surface area contributed by atoms with Gasteiger partial charge >= 0.3 is 0 Å². The van der Waals surface area contributed by atoms with E-state index in [1.165, 1.54) is 24.1 Å². The summed E-state index contributed by atoms with van der Waals surface area (Å²) < 4.78 is 0. The Morgan fingerprint density at radius 1 is 1.23 bits per heavy atom. The van der Waals surface area contributed by atoms with Crippen LogP contribution in [0.25, 0.3) is 22.6 Å². The predicted molar refractivity (Wildman–Crippen MR) is 101 cm³/mol. The summed E-state index contributed by atoms with van der Waals surface area (Å²) >= 11 is 0. The fourth-order valence-corrected chi connectivity index (χ4v) is 4.43. The van der Waals surface area contributed by atoms with Crippen LogP contribution in [0.3, 0.4) is 0 Å². The van der Waals surface area contributed by atoms with E-state index in [9.17, 15) is 4.79 Å². The second kappa shape index (κ2) is 5.19. The molecule has 6 heteroatoms. The Morgan fingerprint density at radius 3 is 2.85 bits per heavy atom. The van der Waals surface area contributed by atoms with Crippen molar-refractivity contribution in [2.75, 3.05) is 11.4 Å². The number of aromatic amines is 2. The van der Waals surface area contributed by atoms with Gasteiger partial charge in [0.2, 0.25) is 5.91 Å². The number of imidazole rings is 1. The Balaban J connectivity index is 1.67. The van der Waals surface area contributed by atoms with E-state index < -0.39 is 5.41 Å². The number of anilines is 1. The molecule has 5 rings (SSSR count). The zero-order valence-corrected chi connectivity index (χ0v) is 15.4. The first-order valence-corrected chi connectivity index (χ1v) is 9.43. The van der Waals surface area contributed by atoms with Crippen LogP contribution in [0.15, 0.2) is 12.1 Å². The molecule has 0 atom stereocenters. The fraction of sp³-hybridized carbons (Fsp3) is 0.450. The zero-order chi connectivity index (χ0) is 18.1. The van der Waals surface area contributed by atoms with E-state index >= 15 is 0 Å². The average Bonchev–Trinajstić information content (AvgIpc) is 3.28. The summed E-state index contributed by atoms with van der Waals surface area (Å²) in [6.07, 6.45) is 4.55. The summed E-state index contributed by atoms with van der Waals surface area (Å²) in [7, 11) is 0. The monoisotopic (exact) mass is 349 g/mol. The maximum absolute atomic E-state index is 12.7. The van der Waals surface area contributed by atoms with E-state index in [1.54, 1.807) is 0 Å². The Kier molecular flexibility index (Phi) is 3.12. The molecule has 2 N–H and O–H groups in total. The molecule has 0 unspecified atom stereocenters. The Morgan fingerprint density at radius 2 is 2.04 bits per heavy atom. The van der Waals surface area contributed by atoms with Gasteiger partial charge in [0, 0.05) is 17.8 Å². The van der Waals surface area contributed by atoms with Gasteiger partial charge in [0.05, 0.1) is 22.1 Å². The quantitative estimate of drug-likeness (QED) is 0.743. The van der Waals surface area contributed by atoms with Gasteiger partial charge in [0.25, 0.3) is 0 Å². The van der Waals surface area contributed by atoms with Crippen molar-refractivity contribution in [2.24, 2.45) is 0 Å². The highest BCUT2D eigenvalue weighted by molar-refractivity contribution is 6.09. The molecule has 1 aliphatic heterocycles. The first-order valence-electron chi connectivity index (χ1n) is 9.43. The van der Waals surface area contributed by atoms with E-state index in [1.807, 2.05) is 31.7 Å². The molecule has 1 aromatic carbocycles. The molecule has 0 saturated carbocycles. The lowest BCUT2D eigenvalue weighted by molar-refractivity contribution is -0.122. The molecule has 26 heavy (non-hydrogen) atoms. The van der Waals surface area contributed by atoms with Crippen LogP contribution in [0.2, 0.25) is 0 Å². The SMILES string of the molecule is CCN1C(=O)C(C)(C)c2cc3[nH]c(-c4n[nH]c5c4CCCC5)nc3cc21. The number of amides is 1. The molecule has 0 saturated heterocycles. The summed E-state index contributed by atoms with van der Waals surface area (Å²) in [6.45, 7) is 6.68. The molecule has 1 aliphatic carbocycles. The predicted octanol–water partition coefficient (Wildman–Crippen LogP) is 3.48. The number of nitrogens with zero attached hydrogens (tertiary/aromatic N) is 3. The van der Waals surface area contributed by atoms with Crippen molar-refractivity contribution in [3.63, 3.8) is 0 Å². The van der Waals surface area contributed by atoms with Gasteiger partial charge in [-0.1, -0.05) is 0 Å². The highest BCUT2D eigenvalue weighted by Gasteiger charge is 2.43. The Hall–Kier alpha value is -2.63. The number of aromatic nitrogens is 4. The van der Waals surface area contributed by atoms with Crippen LogP contribution in [0, 0.1) is 0 Å². The minimum absolute atomic E-state index is 0.157. The van der Waals surface area contributed by atoms with Gasteiger partial charge in [-0.25, -0.2) is 4.98 Å². The number of aryl methyl sites for hydroxylation is 1. The van der Waals surface area contributed by atoms with Crippen LogP contribution in [0.4, 0.5) is 5.69 Å². The lowest BCUT2D eigenvalue weighted by atomic mass is 9.86. The molecule has 2 aliphatic rings. The number of likely N-dealkylation sites (N-methyl/N-ethyl adjacent to an activating group) is 1. The lowest BCUT2D eigenvalue weighted by Gasteiger charge is -2.18. The number of carbonyl (C=O) groups excluding carboxylic acids is 1. The van der Waals surface area contributed by atoms with Crippen LogP contribution in [-0.4, -0.2) is 32.6 Å². The third-order valence-corrected chi connectivity index (χ3v) is 5.94. The molecular weight excluding hydrogens is 326 g/mol. The van der Waals surface area contributed by atoms with Crippen molar-refractivity contribution in [2.45, 2.75) is 51.9 Å². The largest absolute Gasteiger partial charge is 0.337 e. The van der Waals surface area contributed by atoms with Gasteiger partial charge in [-0.05, 0) is 64.2 Å². The van der Waals surface area contributed by atoms with E-state index in [-0.39, 0.29) is 5.91 Å². The zero-order valence-electron chi connectivity index (χ0n) is 15.4. The van der Waals surface area contributed by atoms with Crippen LogP contribution >= 0.6 is 0 Å². The van der Waals surface area contributed by atoms with Crippen molar-refractivity contribution >= 4 is 22.6 Å². The van der Waals surface area contributed by atoms with Gasteiger partial charge < -0.3 is 9.88 Å². The van der Waals surface area contributed by atoms with Gasteiger partial charge in [0.1, 0.15) is 5.69 Å². The lowest BCUT2D eigenvalue weighted by Crippen LogP contribution is -2.35. The number of carbonyl (C=O) groups is 1. The molecular formula is C20H23N5O. The van der Waals surface area contributed by atoms with E-state index in [0.717, 1.165) is 46.6 Å². The highest BCUT2D eigenvalue weighted by Crippen LogP contribution is 2.43. The van der Waals surface area contributed by atoms with Crippen LogP contribution in [0.1, 0.15) is 50.4 Å². The fourth-order valence-electron chi connectivity index (χ4n) is 4.43. The van der Waals surface area contributed by atoms with Gasteiger partial charge in [0.15, 0.2) is 5.82 Å². The average molecular weight is 349 g/mol. The van der Waals surface area contributed by atoms with Gasteiger partial charge in [-0.2, -0.15) is 5.10 Å². The van der Waals surface area contributed by atoms with Crippen molar-refractivity contribution in [1.82, 2.24) is 20.2 Å². The highest BCUT2D eigenvalue weighted by atomic mass is 16.2. The number of nitrogens with one attached hydrogen (secondary N) is 2. The number of hydrogen-bond acceptors (Lipinski definition) is 3. The topological polar surface area (TPSA) is 77.7 Å². The van der Waals surface area contributed by atoms with Crippen molar-refractivity contribution in [1.29, 1.82) is 0 Å². The Labute approximate surface area is 152 Å². The molecule has 3 aromatic rings. The van der Waals surface area contributed by atoms with Gasteiger partial charge in [-0.15, -0.1) is 0 Å². The number of hydrogen-bond donors (Lipinski definition) is 2. The molecule has 2 aromatic heterocycles. The smallest absolute Gasteiger partial charge is 0.237 e. The third kappa shape index (κ3) is 1.95. The molecule has 1 amide bonds. The standard InChI is InChI=1S/C20H23N5O/c1-4-25-16-10-15-14(9-12(16)20(2,3)19(25)26)21-18(22-15)17-11-7-5-6-8-13(11)23-24-17/h9-10H,4-8H2,1-3H3,(H,21,22)(H,23,24). The van der Waals surface area contributed by atoms with E-state index in [2.05, 4.69) is 21.2 Å². The first kappa shape index (κ1) is 15.6. The van der Waals surface area contributed by atoms with E-state index in [4.69, 9.17) is 4.98 Å². The maximum Gasteiger partial charge on any atom is 0.237 e. The summed E-state index contributed by atoms with van der Waals surface area (Å²) in [4.78, 5) is 22.8. The molecule has 0 spiro atoms. The molecule has 0 radical (unpaired) electrons. The minimum atomic E-state index is -0.504. The Bertz CT molecular complexity index is 1040. The number of rotatable bonds is 2. The molecule has 6 nitrogen and oxygen atoms in total. The van der Waals surface area contributed by atoms with Crippen LogP contribution in [0.5, 0.6) is 0 Å². The van der Waals surface area contributed by atoms with E-state index in [0.29, 0.717) is 6.54 Å². The molecule has 134 valence electrons.